The van der Waals surface area contributed by atoms with Crippen LogP contribution in [0.2, 0.25) is 0 Å². The highest BCUT2D eigenvalue weighted by molar-refractivity contribution is 7.10. The highest BCUT2D eigenvalue weighted by Crippen LogP contribution is 2.40. The van der Waals surface area contributed by atoms with Gasteiger partial charge in [0.1, 0.15) is 10.8 Å². The summed E-state index contributed by atoms with van der Waals surface area (Å²) in [6.07, 6.45) is 13.0. The molecule has 2 aromatic heterocycles. The molecule has 3 aliphatic heterocycles. The molecule has 1 N–H and O–H groups in total. The van der Waals surface area contributed by atoms with Crippen molar-refractivity contribution < 1.29 is 14.3 Å². The number of fused-ring (bicyclic) bond motifs is 1. The molecule has 0 radical (unpaired) electrons. The number of thiazole rings is 1. The van der Waals surface area contributed by atoms with Crippen molar-refractivity contribution in [3.8, 4) is 0 Å². The minimum atomic E-state index is -0.400. The highest BCUT2D eigenvalue weighted by Gasteiger charge is 2.43. The van der Waals surface area contributed by atoms with Crippen LogP contribution in [0.1, 0.15) is 41.8 Å². The first-order valence-corrected chi connectivity index (χ1v) is 11.9. The van der Waals surface area contributed by atoms with Gasteiger partial charge in [0.2, 0.25) is 11.8 Å². The predicted octanol–water partition coefficient (Wildman–Crippen LogP) is 3.55. The Labute approximate surface area is 191 Å². The lowest BCUT2D eigenvalue weighted by Crippen LogP contribution is -2.45. The fourth-order valence-corrected chi connectivity index (χ4v) is 5.25. The molecule has 0 aliphatic carbocycles. The molecule has 0 bridgehead atoms. The SMILES string of the molecule is O=C(C=Cc1cnc2c(c1)CC1(CCOCC1)C(=O)N2)N1CCC(=Cc2nccs2)CC1. The number of aromatic nitrogens is 2. The van der Waals surface area contributed by atoms with Gasteiger partial charge in [-0.2, -0.15) is 0 Å². The molecule has 5 heterocycles. The standard InChI is InChI=1S/C24H26N4O3S/c29-21(28-8-3-17(4-9-28)14-20-25-7-12-32-20)2-1-18-13-19-15-24(5-10-31-11-6-24)23(30)27-22(19)26-16-18/h1-2,7,12-14,16H,3-6,8-11,15H2,(H,26,27,30). The molecule has 1 spiro atoms. The third-order valence-electron chi connectivity index (χ3n) is 6.59. The summed E-state index contributed by atoms with van der Waals surface area (Å²) in [5.41, 5.74) is 2.84. The lowest BCUT2D eigenvalue weighted by molar-refractivity contribution is -0.131. The molecule has 32 heavy (non-hydrogen) atoms. The zero-order valence-electron chi connectivity index (χ0n) is 17.9. The average Bonchev–Trinajstić information content (AvgIpc) is 3.32. The number of amides is 2. The van der Waals surface area contributed by atoms with Gasteiger partial charge in [-0.3, -0.25) is 9.59 Å². The summed E-state index contributed by atoms with van der Waals surface area (Å²) in [5, 5.41) is 5.97. The summed E-state index contributed by atoms with van der Waals surface area (Å²) in [7, 11) is 0. The Morgan fingerprint density at radius 2 is 2.03 bits per heavy atom. The van der Waals surface area contributed by atoms with Crippen LogP contribution in [0.15, 0.2) is 35.5 Å². The molecule has 2 fully saturated rings. The van der Waals surface area contributed by atoms with Crippen LogP contribution in [-0.2, 0) is 20.7 Å². The van der Waals surface area contributed by atoms with E-state index in [0.29, 0.717) is 25.5 Å². The second-order valence-electron chi connectivity index (χ2n) is 8.63. The van der Waals surface area contributed by atoms with Gasteiger partial charge in [0.15, 0.2) is 0 Å². The highest BCUT2D eigenvalue weighted by atomic mass is 32.1. The molecular formula is C24H26N4O3S. The number of likely N-dealkylation sites (tertiary alicyclic amines) is 1. The summed E-state index contributed by atoms with van der Waals surface area (Å²) in [5.74, 6) is 0.698. The van der Waals surface area contributed by atoms with Gasteiger partial charge in [0.25, 0.3) is 0 Å². The van der Waals surface area contributed by atoms with E-state index in [1.807, 2.05) is 28.6 Å². The zero-order valence-corrected chi connectivity index (χ0v) is 18.7. The summed E-state index contributed by atoms with van der Waals surface area (Å²) >= 11 is 1.63. The van der Waals surface area contributed by atoms with Crippen molar-refractivity contribution in [2.45, 2.75) is 32.1 Å². The van der Waals surface area contributed by atoms with E-state index >= 15 is 0 Å². The Morgan fingerprint density at radius 3 is 2.78 bits per heavy atom. The number of carbonyl (C=O) groups excluding carboxylic acids is 2. The first kappa shape index (κ1) is 21.0. The first-order valence-electron chi connectivity index (χ1n) is 11.1. The molecular weight excluding hydrogens is 424 g/mol. The van der Waals surface area contributed by atoms with E-state index < -0.39 is 5.41 Å². The summed E-state index contributed by atoms with van der Waals surface area (Å²) in [6, 6.07) is 2.04. The number of nitrogens with one attached hydrogen (secondary N) is 1. The minimum absolute atomic E-state index is 0.0187. The van der Waals surface area contributed by atoms with E-state index in [4.69, 9.17) is 4.74 Å². The quantitative estimate of drug-likeness (QED) is 0.723. The molecule has 8 heteroatoms. The van der Waals surface area contributed by atoms with Gasteiger partial charge in [0, 0.05) is 50.2 Å². The van der Waals surface area contributed by atoms with E-state index in [1.54, 1.807) is 23.6 Å². The van der Waals surface area contributed by atoms with E-state index in [9.17, 15) is 9.59 Å². The fraction of sp³-hybridized carbons (Fsp3) is 0.417. The number of rotatable bonds is 3. The third-order valence-corrected chi connectivity index (χ3v) is 7.32. The number of piperidine rings is 1. The first-order chi connectivity index (χ1) is 15.6. The topological polar surface area (TPSA) is 84.4 Å². The Morgan fingerprint density at radius 1 is 1.22 bits per heavy atom. The second-order valence-corrected chi connectivity index (χ2v) is 9.56. The van der Waals surface area contributed by atoms with Crippen molar-refractivity contribution in [2.24, 2.45) is 5.41 Å². The molecule has 0 aromatic carbocycles. The van der Waals surface area contributed by atoms with E-state index in [2.05, 4.69) is 21.4 Å². The van der Waals surface area contributed by atoms with E-state index in [0.717, 1.165) is 54.9 Å². The Kier molecular flexibility index (Phi) is 5.89. The van der Waals surface area contributed by atoms with Crippen molar-refractivity contribution in [1.29, 1.82) is 0 Å². The van der Waals surface area contributed by atoms with E-state index in [-0.39, 0.29) is 11.8 Å². The number of hydrogen-bond donors (Lipinski definition) is 1. The molecule has 2 saturated heterocycles. The molecule has 7 nitrogen and oxygen atoms in total. The summed E-state index contributed by atoms with van der Waals surface area (Å²) in [6.45, 7) is 2.67. The monoisotopic (exact) mass is 450 g/mol. The van der Waals surface area contributed by atoms with Gasteiger partial charge < -0.3 is 15.0 Å². The van der Waals surface area contributed by atoms with Crippen LogP contribution in [0.5, 0.6) is 0 Å². The maximum absolute atomic E-state index is 12.7. The van der Waals surface area contributed by atoms with Crippen molar-refractivity contribution >= 4 is 41.1 Å². The Balaban J connectivity index is 1.22. The van der Waals surface area contributed by atoms with Crippen molar-refractivity contribution in [2.75, 3.05) is 31.6 Å². The summed E-state index contributed by atoms with van der Waals surface area (Å²) < 4.78 is 5.46. The molecule has 3 aliphatic rings. The number of pyridine rings is 1. The number of nitrogens with zero attached hydrogens (tertiary/aromatic N) is 3. The molecule has 0 saturated carbocycles. The number of anilines is 1. The van der Waals surface area contributed by atoms with Gasteiger partial charge in [0.05, 0.1) is 5.41 Å². The molecule has 5 rings (SSSR count). The van der Waals surface area contributed by atoms with Crippen LogP contribution < -0.4 is 5.32 Å². The Hall–Kier alpha value is -2.84. The molecule has 2 amide bonds. The van der Waals surface area contributed by atoms with Crippen LogP contribution in [0, 0.1) is 5.41 Å². The largest absolute Gasteiger partial charge is 0.381 e. The van der Waals surface area contributed by atoms with Gasteiger partial charge in [-0.05, 0) is 61.4 Å². The van der Waals surface area contributed by atoms with Crippen LogP contribution in [0.4, 0.5) is 5.82 Å². The maximum atomic E-state index is 12.7. The zero-order chi connectivity index (χ0) is 22.0. The lowest BCUT2D eigenvalue weighted by atomic mass is 9.72. The molecule has 0 unspecified atom stereocenters. The minimum Gasteiger partial charge on any atom is -0.381 e. The predicted molar refractivity (Wildman–Crippen MR) is 124 cm³/mol. The van der Waals surface area contributed by atoms with Crippen LogP contribution >= 0.6 is 11.3 Å². The van der Waals surface area contributed by atoms with Crippen LogP contribution in [0.3, 0.4) is 0 Å². The van der Waals surface area contributed by atoms with Crippen LogP contribution in [-0.4, -0.2) is 53.0 Å². The van der Waals surface area contributed by atoms with Crippen molar-refractivity contribution in [3.05, 3.63) is 51.6 Å². The average molecular weight is 451 g/mol. The Bertz CT molecular complexity index is 1060. The van der Waals surface area contributed by atoms with Crippen LogP contribution in [0.25, 0.3) is 12.2 Å². The number of carbonyl (C=O) groups is 2. The van der Waals surface area contributed by atoms with E-state index in [1.165, 1.54) is 5.57 Å². The van der Waals surface area contributed by atoms with Crippen molar-refractivity contribution in [3.63, 3.8) is 0 Å². The molecule has 0 atom stereocenters. The normalized spacial score (nSPS) is 20.3. The molecule has 2 aromatic rings. The maximum Gasteiger partial charge on any atom is 0.246 e. The number of hydrogen-bond acceptors (Lipinski definition) is 6. The van der Waals surface area contributed by atoms with Crippen molar-refractivity contribution in [1.82, 2.24) is 14.9 Å². The lowest BCUT2D eigenvalue weighted by Gasteiger charge is -2.39. The smallest absolute Gasteiger partial charge is 0.246 e. The fourth-order valence-electron chi connectivity index (χ4n) is 4.63. The second kappa shape index (κ2) is 8.96. The number of ether oxygens (including phenoxy) is 1. The third kappa shape index (κ3) is 4.38. The van der Waals surface area contributed by atoms with Gasteiger partial charge >= 0.3 is 0 Å². The van der Waals surface area contributed by atoms with Gasteiger partial charge in [-0.25, -0.2) is 9.97 Å². The van der Waals surface area contributed by atoms with Gasteiger partial charge in [-0.15, -0.1) is 11.3 Å². The molecule has 166 valence electrons. The van der Waals surface area contributed by atoms with Gasteiger partial charge in [-0.1, -0.05) is 5.57 Å². The summed E-state index contributed by atoms with van der Waals surface area (Å²) in [4.78, 5) is 36.0.